The summed E-state index contributed by atoms with van der Waals surface area (Å²) in [6.45, 7) is 32.8. The number of hydrogen-bond acceptors (Lipinski definition) is 18. The van der Waals surface area contributed by atoms with Gasteiger partial charge >= 0.3 is 72.4 Å². The fourth-order valence-electron chi connectivity index (χ4n) is 10.8. The number of carboxylic acids is 6. The Balaban J connectivity index is 0.000000375. The molecule has 0 aromatic heterocycles. The first-order valence-corrected chi connectivity index (χ1v) is 38.5. The molecule has 1 aliphatic rings. The van der Waals surface area contributed by atoms with Crippen LogP contribution in [-0.4, -0.2) is 196 Å². The molecular formula is C88H116F2N6O24. The van der Waals surface area contributed by atoms with Crippen LogP contribution in [0, 0.1) is 11.6 Å². The topological polar surface area (TPSA) is 436 Å². The Bertz CT molecular complexity index is 4530. The van der Waals surface area contributed by atoms with Crippen molar-refractivity contribution in [1.82, 2.24) is 31.1 Å². The molecule has 0 bridgehead atoms. The normalized spacial score (nSPS) is 13.9. The highest BCUT2D eigenvalue weighted by Crippen LogP contribution is 2.25. The van der Waals surface area contributed by atoms with Gasteiger partial charge in [0, 0.05) is 39.3 Å². The van der Waals surface area contributed by atoms with E-state index in [1.807, 2.05) is 127 Å². The van der Waals surface area contributed by atoms with Crippen molar-refractivity contribution < 1.29 is 125 Å². The lowest BCUT2D eigenvalue weighted by atomic mass is 9.99. The largest absolute Gasteiger partial charge is 0.480 e. The van der Waals surface area contributed by atoms with E-state index >= 15 is 0 Å². The molecule has 1 unspecified atom stereocenters. The number of nitrogens with zero attached hydrogens (tertiary/aromatic N) is 2. The molecule has 8 rings (SSSR count). The number of nitrogens with one attached hydrogen (secondary N) is 4. The average Bonchev–Trinajstić information content (AvgIpc) is 0.848. The minimum atomic E-state index is -1.30. The number of alkyl carbamates (subject to hydrolysis) is 4. The monoisotopic (exact) mass is 1680 g/mol. The molecule has 0 radical (unpaired) electrons. The summed E-state index contributed by atoms with van der Waals surface area (Å²) in [5.74, 6) is -8.69. The minimum Gasteiger partial charge on any atom is -0.480 e. The summed E-state index contributed by atoms with van der Waals surface area (Å²) < 4.78 is 56.4. The number of hydrogen-bond donors (Lipinski definition) is 10. The number of amides is 6. The number of piperidine rings is 1. The number of fused-ring (bicyclic) bond motifs is 3. The van der Waals surface area contributed by atoms with Crippen LogP contribution < -0.4 is 21.3 Å². The molecular weight excluding hydrogens is 1560 g/mol. The summed E-state index contributed by atoms with van der Waals surface area (Å²) in [7, 11) is 1.40. The van der Waals surface area contributed by atoms with Gasteiger partial charge < -0.3 is 80.3 Å². The Morgan fingerprint density at radius 3 is 1.07 bits per heavy atom. The van der Waals surface area contributed by atoms with Crippen molar-refractivity contribution >= 4 is 105 Å². The number of carbonyl (C=O) groups excluding carboxylic acids is 6. The second kappa shape index (κ2) is 45.5. The number of carbonyl (C=O) groups is 12. The Hall–Kier alpha value is -12.4. The molecule has 32 heteroatoms. The van der Waals surface area contributed by atoms with Crippen LogP contribution in [0.25, 0.3) is 32.3 Å². The predicted octanol–water partition coefficient (Wildman–Crippen LogP) is 15.8. The zero-order chi connectivity index (χ0) is 91.2. The zero-order valence-corrected chi connectivity index (χ0v) is 71.7. The molecule has 7 aromatic rings. The van der Waals surface area contributed by atoms with Crippen LogP contribution in [0.2, 0.25) is 0 Å². The van der Waals surface area contributed by atoms with Crippen molar-refractivity contribution in [3.05, 3.63) is 179 Å². The summed E-state index contributed by atoms with van der Waals surface area (Å²) in [6, 6.07) is 37.6. The Morgan fingerprint density at radius 2 is 0.725 bits per heavy atom. The molecule has 1 fully saturated rings. The molecule has 1 saturated heterocycles. The standard InChI is InChI=1S/3C18H21NO4.C14H17F2NO4.C11H19NO4.C9H17NO4/c1-18(2,3)23-17(22)19-15(16(20)21)11-13-9-6-8-12-7-4-5-10-14(12)13;2*1-18(2,3)23-17(22)19-15(16(20)21)11-12-8-9-13-6-4-5-7-14(13)10-12;1-14(2,3)21-13(20)17-11(12(18)19)7-8-4-5-9(15)10(16)6-8;1-11(2,3)16-10(15)12-7-5-4-6-8(12)9(13)14;1-6(7(11)12)10(5)8(13)14-9(2,3)4/h3*4-10,15H,11H2,1-3H3,(H,19,22)(H,20,21);4-6,11H,7H2,1-3H3,(H,17,20)(H,18,19);8H,4-7H2,1-3H3,(H,13,14);6H,1-5H3,(H,11,12)/t3*15-;11-;;6-/m1101.1/s1. The van der Waals surface area contributed by atoms with Crippen LogP contribution in [0.4, 0.5) is 37.5 Å². The van der Waals surface area contributed by atoms with Gasteiger partial charge in [-0.25, -0.2) is 66.3 Å². The van der Waals surface area contributed by atoms with Crippen molar-refractivity contribution in [3.63, 3.8) is 0 Å². The lowest BCUT2D eigenvalue weighted by Gasteiger charge is -2.34. The van der Waals surface area contributed by atoms with E-state index in [1.54, 1.807) is 125 Å². The highest BCUT2D eigenvalue weighted by Gasteiger charge is 2.36. The fraction of sp³-hybridized carbons (Fsp3) is 0.455. The van der Waals surface area contributed by atoms with E-state index in [9.17, 15) is 81.6 Å². The lowest BCUT2D eigenvalue weighted by Crippen LogP contribution is -2.49. The molecule has 0 aliphatic carbocycles. The van der Waals surface area contributed by atoms with Crippen LogP contribution in [-0.2, 0) is 82.9 Å². The Morgan fingerprint density at radius 1 is 0.392 bits per heavy atom. The quantitative estimate of drug-likeness (QED) is 0.0336. The number of halogens is 2. The lowest BCUT2D eigenvalue weighted by molar-refractivity contribution is -0.144. The van der Waals surface area contributed by atoms with Crippen molar-refractivity contribution in [2.24, 2.45) is 0 Å². The van der Waals surface area contributed by atoms with Gasteiger partial charge in [-0.15, -0.1) is 0 Å². The summed E-state index contributed by atoms with van der Waals surface area (Å²) in [6.07, 6.45) is -1.67. The van der Waals surface area contributed by atoms with Gasteiger partial charge in [-0.2, -0.15) is 0 Å². The molecule has 1 heterocycles. The van der Waals surface area contributed by atoms with E-state index in [1.165, 1.54) is 24.9 Å². The zero-order valence-electron chi connectivity index (χ0n) is 71.7. The van der Waals surface area contributed by atoms with Crippen LogP contribution >= 0.6 is 0 Å². The molecule has 6 amide bonds. The molecule has 0 saturated carbocycles. The maximum atomic E-state index is 13.1. The smallest absolute Gasteiger partial charge is 0.411 e. The van der Waals surface area contributed by atoms with Crippen molar-refractivity contribution in [2.75, 3.05) is 13.6 Å². The van der Waals surface area contributed by atoms with Crippen molar-refractivity contribution in [3.8, 4) is 0 Å². The maximum absolute atomic E-state index is 13.1. The maximum Gasteiger partial charge on any atom is 0.411 e. The second-order valence-electron chi connectivity index (χ2n) is 33.8. The first-order chi connectivity index (χ1) is 55.3. The van der Waals surface area contributed by atoms with Gasteiger partial charge in [0.1, 0.15) is 69.9 Å². The summed E-state index contributed by atoms with van der Waals surface area (Å²) >= 11 is 0. The Kier molecular flexibility index (Phi) is 38.6. The highest BCUT2D eigenvalue weighted by molar-refractivity contribution is 5.89. The van der Waals surface area contributed by atoms with Crippen LogP contribution in [0.15, 0.2) is 146 Å². The molecule has 656 valence electrons. The average molecular weight is 1680 g/mol. The first kappa shape index (κ1) is 102. The molecule has 7 aromatic carbocycles. The molecule has 30 nitrogen and oxygen atoms in total. The minimum absolute atomic E-state index is 0.189. The highest BCUT2D eigenvalue weighted by atomic mass is 19.2. The van der Waals surface area contributed by atoms with Crippen LogP contribution in [0.5, 0.6) is 0 Å². The SMILES string of the molecule is CC(C)(C)OC(=O)N1CCCCC1C(=O)O.CC(C)(C)OC(=O)N[C@@H](Cc1ccc2ccccc2c1)C(=O)O.CC(C)(C)OC(=O)N[C@H](Cc1ccc(F)c(F)c1)C(=O)O.CC(C)(C)OC(=O)N[C@H](Cc1ccc2ccccc2c1)C(=O)O.CC(C)(C)OC(=O)N[C@H](Cc1cccc2ccccc12)C(=O)O.C[C@H](C(=O)O)N(C)C(=O)OC(C)(C)C. The van der Waals surface area contributed by atoms with E-state index in [0.717, 1.165) is 78.9 Å². The van der Waals surface area contributed by atoms with Gasteiger partial charge in [0.05, 0.1) is 0 Å². The van der Waals surface area contributed by atoms with Gasteiger partial charge in [0.25, 0.3) is 0 Å². The molecule has 0 spiro atoms. The Labute approximate surface area is 697 Å². The van der Waals surface area contributed by atoms with E-state index in [4.69, 9.17) is 43.7 Å². The third-order valence-corrected chi connectivity index (χ3v) is 16.2. The van der Waals surface area contributed by atoms with E-state index in [2.05, 4.69) is 21.3 Å². The third kappa shape index (κ3) is 39.7. The number of rotatable bonds is 19. The van der Waals surface area contributed by atoms with Crippen molar-refractivity contribution in [2.45, 2.75) is 246 Å². The van der Waals surface area contributed by atoms with E-state index in [0.29, 0.717) is 13.0 Å². The number of carboxylic acid groups (broad SMARTS) is 6. The van der Waals surface area contributed by atoms with E-state index in [-0.39, 0.29) is 31.2 Å². The second-order valence-corrected chi connectivity index (χ2v) is 33.8. The molecule has 6 atom stereocenters. The molecule has 10 N–H and O–H groups in total. The summed E-state index contributed by atoms with van der Waals surface area (Å²) in [5, 5.41) is 70.4. The number of ether oxygens (including phenoxy) is 6. The van der Waals surface area contributed by atoms with Gasteiger partial charge in [0.15, 0.2) is 11.6 Å². The van der Waals surface area contributed by atoms with E-state index < -0.39 is 154 Å². The number of aliphatic carboxylic acids is 6. The molecule has 1 aliphatic heterocycles. The summed E-state index contributed by atoms with van der Waals surface area (Å²) in [5.41, 5.74) is -1.18. The number of likely N-dealkylation sites (N-methyl/N-ethyl adjacent to an activating group) is 1. The number of likely N-dealkylation sites (tertiary alicyclic amines) is 1. The number of benzene rings is 7. The predicted molar refractivity (Wildman–Crippen MR) is 446 cm³/mol. The van der Waals surface area contributed by atoms with Crippen LogP contribution in [0.1, 0.15) is 173 Å². The van der Waals surface area contributed by atoms with Crippen molar-refractivity contribution in [1.29, 1.82) is 0 Å². The third-order valence-electron chi connectivity index (χ3n) is 16.2. The summed E-state index contributed by atoms with van der Waals surface area (Å²) in [4.78, 5) is 139. The van der Waals surface area contributed by atoms with Crippen LogP contribution in [0.3, 0.4) is 0 Å². The van der Waals surface area contributed by atoms with Gasteiger partial charge in [-0.1, -0.05) is 133 Å². The van der Waals surface area contributed by atoms with Gasteiger partial charge in [-0.3, -0.25) is 9.80 Å². The first-order valence-electron chi connectivity index (χ1n) is 38.5. The van der Waals surface area contributed by atoms with Gasteiger partial charge in [-0.05, 0) is 218 Å². The fourth-order valence-corrected chi connectivity index (χ4v) is 10.8. The van der Waals surface area contributed by atoms with Gasteiger partial charge in [0.2, 0.25) is 0 Å². The molecule has 120 heavy (non-hydrogen) atoms.